The van der Waals surface area contributed by atoms with Gasteiger partial charge in [-0.3, -0.25) is 19.5 Å². The second kappa shape index (κ2) is 10.4. The summed E-state index contributed by atoms with van der Waals surface area (Å²) < 4.78 is 24.3. The van der Waals surface area contributed by atoms with Crippen LogP contribution in [0.2, 0.25) is 0 Å². The van der Waals surface area contributed by atoms with Crippen LogP contribution in [0.4, 0.5) is 10.1 Å². The predicted molar refractivity (Wildman–Crippen MR) is 132 cm³/mol. The summed E-state index contributed by atoms with van der Waals surface area (Å²) in [6, 6.07) is 13.5. The highest BCUT2D eigenvalue weighted by Crippen LogP contribution is 2.32. The van der Waals surface area contributed by atoms with Gasteiger partial charge in [0.05, 0.1) is 0 Å². The minimum absolute atomic E-state index is 0.0234. The van der Waals surface area contributed by atoms with Crippen molar-refractivity contribution in [3.8, 4) is 0 Å². The van der Waals surface area contributed by atoms with E-state index in [1.54, 1.807) is 55.6 Å². The first kappa shape index (κ1) is 23.9. The normalized spacial score (nSPS) is 11.8. The van der Waals surface area contributed by atoms with Crippen LogP contribution in [0, 0.1) is 12.7 Å². The molecule has 1 atom stereocenters. The van der Waals surface area contributed by atoms with Crippen molar-refractivity contribution in [2.24, 2.45) is 0 Å². The van der Waals surface area contributed by atoms with E-state index in [1.165, 1.54) is 29.5 Å². The Bertz CT molecular complexity index is 1540. The molecule has 0 saturated heterocycles. The number of oxazole rings is 2. The lowest BCUT2D eigenvalue weighted by Gasteiger charge is -2.30. The third-order valence-corrected chi connectivity index (χ3v) is 5.74. The van der Waals surface area contributed by atoms with Crippen LogP contribution in [0.3, 0.4) is 0 Å². The van der Waals surface area contributed by atoms with Crippen LogP contribution < -0.4 is 10.2 Å². The van der Waals surface area contributed by atoms with Crippen molar-refractivity contribution in [3.63, 3.8) is 0 Å². The van der Waals surface area contributed by atoms with Crippen molar-refractivity contribution in [1.82, 2.24) is 20.3 Å². The van der Waals surface area contributed by atoms with Crippen LogP contribution in [0.25, 0.3) is 11.1 Å². The molecule has 0 bridgehead atoms. The Morgan fingerprint density at radius 1 is 1.14 bits per heavy atom. The number of anilines is 1. The number of halogens is 1. The van der Waals surface area contributed by atoms with Gasteiger partial charge in [0.1, 0.15) is 23.6 Å². The van der Waals surface area contributed by atoms with Crippen LogP contribution in [0.1, 0.15) is 33.5 Å². The lowest BCUT2D eigenvalue weighted by molar-refractivity contribution is -0.122. The summed E-state index contributed by atoms with van der Waals surface area (Å²) in [5, 5.41) is 2.88. The smallest absolute Gasteiger partial charge is 0.281 e. The van der Waals surface area contributed by atoms with Gasteiger partial charge in [0, 0.05) is 43.2 Å². The van der Waals surface area contributed by atoms with Gasteiger partial charge in [-0.15, -0.1) is 0 Å². The van der Waals surface area contributed by atoms with Gasteiger partial charge in [-0.2, -0.15) is 0 Å². The van der Waals surface area contributed by atoms with Crippen LogP contribution in [-0.4, -0.2) is 33.3 Å². The topological polar surface area (TPSA) is 114 Å². The fraction of sp³-hybridized carbons (Fsp3) is 0.148. The van der Waals surface area contributed by atoms with Gasteiger partial charge in [0.2, 0.25) is 5.91 Å². The monoisotopic (exact) mass is 499 g/mol. The molecule has 0 aliphatic heterocycles. The Hall–Kier alpha value is -4.86. The van der Waals surface area contributed by atoms with Gasteiger partial charge in [-0.05, 0) is 42.3 Å². The molecule has 5 rings (SSSR count). The van der Waals surface area contributed by atoms with Gasteiger partial charge in [-0.1, -0.05) is 18.2 Å². The van der Waals surface area contributed by atoms with E-state index in [-0.39, 0.29) is 18.1 Å². The van der Waals surface area contributed by atoms with Gasteiger partial charge in [-0.25, -0.2) is 14.4 Å². The number of carbonyl (C=O) groups excluding carboxylic acids is 2. The zero-order valence-electron chi connectivity index (χ0n) is 19.8. The average molecular weight is 500 g/mol. The number of nitrogens with zero attached hydrogens (tertiary/aromatic N) is 4. The van der Waals surface area contributed by atoms with E-state index in [2.05, 4.69) is 20.3 Å². The van der Waals surface area contributed by atoms with Gasteiger partial charge in [0.15, 0.2) is 23.6 Å². The number of hydrogen-bond acceptors (Lipinski definition) is 7. The van der Waals surface area contributed by atoms with Crippen molar-refractivity contribution in [2.45, 2.75) is 19.4 Å². The third-order valence-electron chi connectivity index (χ3n) is 5.74. The van der Waals surface area contributed by atoms with E-state index in [9.17, 15) is 14.0 Å². The summed E-state index contributed by atoms with van der Waals surface area (Å²) >= 11 is 0. The number of hydrogen-bond donors (Lipinski definition) is 1. The summed E-state index contributed by atoms with van der Waals surface area (Å²) in [6.45, 7) is 1.95. The molecule has 186 valence electrons. The number of pyridine rings is 1. The maximum absolute atomic E-state index is 13.7. The molecule has 1 N–H and O–H groups in total. The maximum Gasteiger partial charge on any atom is 0.281 e. The molecule has 0 spiro atoms. The molecule has 1 unspecified atom stereocenters. The van der Waals surface area contributed by atoms with Gasteiger partial charge >= 0.3 is 0 Å². The lowest BCUT2D eigenvalue weighted by Crippen LogP contribution is -2.44. The number of fused-ring (bicyclic) bond motifs is 1. The van der Waals surface area contributed by atoms with Crippen LogP contribution in [0.5, 0.6) is 0 Å². The SMILES string of the molecule is Cc1nc2ccc(N(C(=O)c3cocn3)C(C(=O)NCCc3cccc(F)c3)c3cccnc3)cc2o1. The number of amides is 2. The third kappa shape index (κ3) is 5.22. The molecule has 0 aliphatic carbocycles. The molecule has 2 amide bonds. The van der Waals surface area contributed by atoms with Crippen molar-refractivity contribution < 1.29 is 22.8 Å². The molecule has 0 aliphatic rings. The molecule has 0 fully saturated rings. The molecule has 2 aromatic carbocycles. The van der Waals surface area contributed by atoms with Crippen LogP contribution in [-0.2, 0) is 11.2 Å². The highest BCUT2D eigenvalue weighted by molar-refractivity contribution is 6.09. The zero-order valence-corrected chi connectivity index (χ0v) is 19.8. The van der Waals surface area contributed by atoms with Gasteiger partial charge < -0.3 is 14.2 Å². The predicted octanol–water partition coefficient (Wildman–Crippen LogP) is 4.41. The molecule has 5 aromatic rings. The van der Waals surface area contributed by atoms with Crippen molar-refractivity contribution in [2.75, 3.05) is 11.4 Å². The maximum atomic E-state index is 13.7. The molecule has 3 heterocycles. The van der Waals surface area contributed by atoms with Crippen molar-refractivity contribution in [1.29, 1.82) is 0 Å². The van der Waals surface area contributed by atoms with E-state index >= 15 is 0 Å². The molecule has 0 saturated carbocycles. The standard InChI is InChI=1S/C27H22FN5O4/c1-17-32-22-8-7-21(13-24(22)37-17)33(27(35)23-15-36-16-31-23)25(19-5-3-10-29-14-19)26(34)30-11-9-18-4-2-6-20(28)12-18/h2-8,10,12-16,25H,9,11H2,1H3,(H,30,34). The lowest BCUT2D eigenvalue weighted by atomic mass is 10.0. The summed E-state index contributed by atoms with van der Waals surface area (Å²) in [7, 11) is 0. The number of carbonyl (C=O) groups is 2. The first-order valence-electron chi connectivity index (χ1n) is 11.5. The summed E-state index contributed by atoms with van der Waals surface area (Å²) in [4.78, 5) is 41.2. The first-order chi connectivity index (χ1) is 18.0. The molecule has 3 aromatic heterocycles. The molecule has 10 heteroatoms. The highest BCUT2D eigenvalue weighted by atomic mass is 19.1. The van der Waals surface area contributed by atoms with Crippen LogP contribution >= 0.6 is 0 Å². The number of nitrogens with one attached hydrogen (secondary N) is 1. The minimum Gasteiger partial charge on any atom is -0.451 e. The number of benzene rings is 2. The molecular formula is C27H22FN5O4. The van der Waals surface area contributed by atoms with E-state index < -0.39 is 17.9 Å². The van der Waals surface area contributed by atoms with Crippen molar-refractivity contribution >= 4 is 28.6 Å². The number of rotatable bonds is 8. The summed E-state index contributed by atoms with van der Waals surface area (Å²) in [6.07, 6.45) is 5.87. The Balaban J connectivity index is 1.52. The van der Waals surface area contributed by atoms with Crippen LogP contribution in [0.15, 0.2) is 88.5 Å². The summed E-state index contributed by atoms with van der Waals surface area (Å²) in [5.74, 6) is -0.881. The zero-order chi connectivity index (χ0) is 25.8. The van der Waals surface area contributed by atoms with E-state index in [1.807, 2.05) is 0 Å². The number of aryl methyl sites for hydroxylation is 1. The van der Waals surface area contributed by atoms with E-state index in [4.69, 9.17) is 8.83 Å². The fourth-order valence-electron chi connectivity index (χ4n) is 4.08. The Morgan fingerprint density at radius 3 is 2.78 bits per heavy atom. The molecule has 0 radical (unpaired) electrons. The summed E-state index contributed by atoms with van der Waals surface area (Å²) in [5.41, 5.74) is 2.72. The average Bonchev–Trinajstić information content (AvgIpc) is 3.56. The fourth-order valence-corrected chi connectivity index (χ4v) is 4.08. The molecular weight excluding hydrogens is 477 g/mol. The largest absolute Gasteiger partial charge is 0.451 e. The van der Waals surface area contributed by atoms with E-state index in [0.717, 1.165) is 12.0 Å². The second-order valence-electron chi connectivity index (χ2n) is 8.29. The Kier molecular flexibility index (Phi) is 6.71. The Morgan fingerprint density at radius 2 is 2.03 bits per heavy atom. The number of aromatic nitrogens is 3. The van der Waals surface area contributed by atoms with Gasteiger partial charge in [0.25, 0.3) is 5.91 Å². The second-order valence-corrected chi connectivity index (χ2v) is 8.29. The quantitative estimate of drug-likeness (QED) is 0.336. The highest BCUT2D eigenvalue weighted by Gasteiger charge is 2.35. The molecule has 37 heavy (non-hydrogen) atoms. The molecule has 9 nitrogen and oxygen atoms in total. The van der Waals surface area contributed by atoms with E-state index in [0.29, 0.717) is 34.7 Å². The first-order valence-corrected chi connectivity index (χ1v) is 11.5. The Labute approximate surface area is 211 Å². The van der Waals surface area contributed by atoms with Crippen molar-refractivity contribution in [3.05, 3.63) is 108 Å². The minimum atomic E-state index is -1.10.